The summed E-state index contributed by atoms with van der Waals surface area (Å²) in [5.41, 5.74) is 1.93. The van der Waals surface area contributed by atoms with Crippen LogP contribution in [-0.2, 0) is 24.3 Å². The number of fused-ring (bicyclic) bond motifs is 2. The van der Waals surface area contributed by atoms with Crippen molar-refractivity contribution in [2.24, 2.45) is 7.05 Å². The summed E-state index contributed by atoms with van der Waals surface area (Å²) in [5, 5.41) is 9.77. The van der Waals surface area contributed by atoms with Crippen molar-refractivity contribution in [1.82, 2.24) is 38.9 Å². The van der Waals surface area contributed by atoms with Crippen LogP contribution < -0.4 is 4.90 Å². The number of aryl methyl sites for hydroxylation is 1. The zero-order valence-corrected chi connectivity index (χ0v) is 24.0. The van der Waals surface area contributed by atoms with Gasteiger partial charge in [0.2, 0.25) is 5.95 Å². The van der Waals surface area contributed by atoms with Gasteiger partial charge in [-0.2, -0.15) is 18.7 Å². The van der Waals surface area contributed by atoms with Crippen LogP contribution in [0.4, 0.5) is 14.6 Å². The van der Waals surface area contributed by atoms with E-state index >= 15 is 0 Å². The van der Waals surface area contributed by atoms with Crippen molar-refractivity contribution < 1.29 is 18.6 Å². The Kier molecular flexibility index (Phi) is 7.17. The Bertz CT molecular complexity index is 1550. The molecule has 0 atom stereocenters. The Morgan fingerprint density at radius 3 is 2.32 bits per heavy atom. The molecule has 1 N–H and O–H groups in total. The van der Waals surface area contributed by atoms with E-state index in [0.717, 1.165) is 38.9 Å². The summed E-state index contributed by atoms with van der Waals surface area (Å²) >= 11 is 0. The highest BCUT2D eigenvalue weighted by molar-refractivity contribution is 5.86. The summed E-state index contributed by atoms with van der Waals surface area (Å²) in [5.74, 6) is -2.04. The summed E-state index contributed by atoms with van der Waals surface area (Å²) < 4.78 is 38.6. The topological polar surface area (TPSA) is 101 Å². The molecule has 0 amide bonds. The van der Waals surface area contributed by atoms with Crippen LogP contribution in [0.1, 0.15) is 32.4 Å². The third kappa shape index (κ3) is 5.16. The molecule has 2 fully saturated rings. The summed E-state index contributed by atoms with van der Waals surface area (Å²) in [6, 6.07) is 7.04. The van der Waals surface area contributed by atoms with Gasteiger partial charge in [0.1, 0.15) is 5.82 Å². The van der Waals surface area contributed by atoms with Crippen molar-refractivity contribution in [1.29, 1.82) is 0 Å². The van der Waals surface area contributed by atoms with Crippen LogP contribution >= 0.6 is 0 Å². The monoisotopic (exact) mass is 569 g/mol. The Hall–Kier alpha value is -3.26. The normalized spacial score (nSPS) is 18.2. The van der Waals surface area contributed by atoms with Crippen molar-refractivity contribution in [2.45, 2.75) is 38.8 Å². The fourth-order valence-electron chi connectivity index (χ4n) is 5.65. The third-order valence-electron chi connectivity index (χ3n) is 8.23. The van der Waals surface area contributed by atoms with E-state index in [1.165, 1.54) is 4.57 Å². The zero-order valence-electron chi connectivity index (χ0n) is 24.0. The van der Waals surface area contributed by atoms with Crippen molar-refractivity contribution >= 4 is 28.0 Å². The number of rotatable bonds is 7. The second-order valence-corrected chi connectivity index (χ2v) is 11.6. The molecule has 5 heterocycles. The van der Waals surface area contributed by atoms with Gasteiger partial charge in [0.25, 0.3) is 0 Å². The minimum absolute atomic E-state index is 0.112. The van der Waals surface area contributed by atoms with Crippen LogP contribution in [0, 0.1) is 0 Å². The molecule has 0 saturated carbocycles. The van der Waals surface area contributed by atoms with E-state index in [9.17, 15) is 13.9 Å². The molecule has 11 nitrogen and oxygen atoms in total. The van der Waals surface area contributed by atoms with E-state index in [-0.39, 0.29) is 18.1 Å². The fourth-order valence-corrected chi connectivity index (χ4v) is 5.65. The van der Waals surface area contributed by atoms with E-state index in [2.05, 4.69) is 33.5 Å². The zero-order chi connectivity index (χ0) is 28.9. The number of halogens is 2. The average molecular weight is 570 g/mol. The minimum atomic E-state index is -3.21. The minimum Gasteiger partial charge on any atom is -0.394 e. The highest BCUT2D eigenvalue weighted by Crippen LogP contribution is 2.33. The Morgan fingerprint density at radius 2 is 1.63 bits per heavy atom. The Balaban J connectivity index is 1.43. The van der Waals surface area contributed by atoms with Crippen LogP contribution in [0.25, 0.3) is 28.1 Å². The van der Waals surface area contributed by atoms with Gasteiger partial charge < -0.3 is 19.3 Å². The molecule has 13 heteroatoms. The third-order valence-corrected chi connectivity index (χ3v) is 8.23. The lowest BCUT2D eigenvalue weighted by Gasteiger charge is -2.43. The van der Waals surface area contributed by atoms with Crippen molar-refractivity contribution in [2.75, 3.05) is 64.0 Å². The van der Waals surface area contributed by atoms with E-state index in [0.29, 0.717) is 60.9 Å². The number of ether oxygens (including phenoxy) is 1. The standard InChI is InChI=1S/C28H37F2N9O2/c1-27(2,18-40)38-11-9-36(10-12-38)17-21-32-22-23(35(21)4)33-26(34-24(22)37-13-15-41-16-14-37)39-20-8-6-5-7-19(20)31-25(39)28(3,29)30/h5-8,40H,9-18H2,1-4H3. The maximum Gasteiger partial charge on any atom is 0.302 e. The van der Waals surface area contributed by atoms with Gasteiger partial charge in [-0.3, -0.25) is 14.4 Å². The van der Waals surface area contributed by atoms with Crippen LogP contribution in [0.5, 0.6) is 0 Å². The first-order valence-electron chi connectivity index (χ1n) is 14.1. The van der Waals surface area contributed by atoms with Crippen LogP contribution in [0.2, 0.25) is 0 Å². The van der Waals surface area contributed by atoms with Gasteiger partial charge in [-0.25, -0.2) is 9.97 Å². The van der Waals surface area contributed by atoms with Gasteiger partial charge >= 0.3 is 5.92 Å². The van der Waals surface area contributed by atoms with Crippen LogP contribution in [-0.4, -0.2) is 109 Å². The smallest absolute Gasteiger partial charge is 0.302 e. The van der Waals surface area contributed by atoms with Crippen molar-refractivity contribution in [3.63, 3.8) is 0 Å². The highest BCUT2D eigenvalue weighted by atomic mass is 19.3. The maximum atomic E-state index is 14.9. The van der Waals surface area contributed by atoms with Crippen molar-refractivity contribution in [3.05, 3.63) is 35.9 Å². The number of hydrogen-bond donors (Lipinski definition) is 1. The molecule has 0 unspecified atom stereocenters. The van der Waals surface area contributed by atoms with Crippen LogP contribution in [0.3, 0.4) is 0 Å². The van der Waals surface area contributed by atoms with Gasteiger partial charge in [0.15, 0.2) is 22.8 Å². The number of alkyl halides is 2. The van der Waals surface area contributed by atoms with Crippen molar-refractivity contribution in [3.8, 4) is 5.95 Å². The number of anilines is 1. The number of benzene rings is 1. The molecule has 6 rings (SSSR count). The predicted molar refractivity (Wildman–Crippen MR) is 152 cm³/mol. The van der Waals surface area contributed by atoms with Gasteiger partial charge in [-0.1, -0.05) is 12.1 Å². The molecule has 220 valence electrons. The molecule has 0 bridgehead atoms. The molecule has 1 aromatic carbocycles. The van der Waals surface area contributed by atoms with Gasteiger partial charge in [0.05, 0.1) is 37.4 Å². The fraction of sp³-hybridized carbons (Fsp3) is 0.571. The molecule has 0 aliphatic carbocycles. The summed E-state index contributed by atoms with van der Waals surface area (Å²) in [6.45, 7) is 11.4. The molecule has 2 saturated heterocycles. The molecule has 0 spiro atoms. The first kappa shape index (κ1) is 27.9. The molecular formula is C28H37F2N9O2. The predicted octanol–water partition coefficient (Wildman–Crippen LogP) is 2.54. The highest BCUT2D eigenvalue weighted by Gasteiger charge is 2.35. The largest absolute Gasteiger partial charge is 0.394 e. The summed E-state index contributed by atoms with van der Waals surface area (Å²) in [7, 11) is 1.91. The van der Waals surface area contributed by atoms with E-state index < -0.39 is 11.7 Å². The molecule has 4 aromatic rings. The SMILES string of the molecule is Cn1c(CN2CCN(C(C)(C)CO)CC2)nc2c(N3CCOCC3)nc(-n3c(C(C)(F)F)nc4ccccc43)nc21. The number of aliphatic hydroxyl groups is 1. The number of hydrogen-bond acceptors (Lipinski definition) is 9. The summed E-state index contributed by atoms with van der Waals surface area (Å²) in [4.78, 5) is 25.7. The molecular weight excluding hydrogens is 532 g/mol. The van der Waals surface area contributed by atoms with E-state index in [1.807, 2.05) is 11.6 Å². The van der Waals surface area contributed by atoms with Gasteiger partial charge in [-0.15, -0.1) is 0 Å². The molecule has 2 aliphatic rings. The Morgan fingerprint density at radius 1 is 0.927 bits per heavy atom. The van der Waals surface area contributed by atoms with Gasteiger partial charge in [0, 0.05) is 58.8 Å². The molecule has 0 radical (unpaired) electrons. The Labute approximate surface area is 237 Å². The second-order valence-electron chi connectivity index (χ2n) is 11.6. The van der Waals surface area contributed by atoms with E-state index in [4.69, 9.17) is 19.7 Å². The second kappa shape index (κ2) is 10.5. The first-order valence-corrected chi connectivity index (χ1v) is 14.1. The lowest BCUT2D eigenvalue weighted by atomic mass is 10.0. The maximum absolute atomic E-state index is 14.9. The number of nitrogens with zero attached hydrogens (tertiary/aromatic N) is 9. The number of para-hydroxylation sites is 2. The summed E-state index contributed by atoms with van der Waals surface area (Å²) in [6.07, 6.45) is 0. The molecule has 2 aliphatic heterocycles. The van der Waals surface area contributed by atoms with Crippen LogP contribution in [0.15, 0.2) is 24.3 Å². The average Bonchev–Trinajstić information content (AvgIpc) is 3.51. The number of aliphatic hydroxyl groups excluding tert-OH is 1. The first-order chi connectivity index (χ1) is 19.6. The number of piperazine rings is 1. The lowest BCUT2D eigenvalue weighted by Crippen LogP contribution is -2.55. The number of imidazole rings is 2. The number of aromatic nitrogens is 6. The number of morpholine rings is 1. The quantitative estimate of drug-likeness (QED) is 0.360. The van der Waals surface area contributed by atoms with E-state index in [1.54, 1.807) is 24.3 Å². The molecule has 41 heavy (non-hydrogen) atoms. The lowest BCUT2D eigenvalue weighted by molar-refractivity contribution is 0.00650. The van der Waals surface area contributed by atoms with Gasteiger partial charge in [-0.05, 0) is 26.0 Å². The molecule has 3 aromatic heterocycles.